The first-order chi connectivity index (χ1) is 10.1. The molecule has 0 fully saturated rings. The highest BCUT2D eigenvalue weighted by atomic mass is 32.1. The molecule has 0 saturated heterocycles. The lowest BCUT2D eigenvalue weighted by atomic mass is 9.98. The molecule has 0 radical (unpaired) electrons. The topological polar surface area (TPSA) is 66.4 Å². The number of amides is 1. The average Bonchev–Trinajstić information content (AvgIpc) is 2.97. The summed E-state index contributed by atoms with van der Waals surface area (Å²) in [7, 11) is 0. The molecule has 4 nitrogen and oxygen atoms in total. The van der Waals surface area contributed by atoms with Crippen molar-refractivity contribution in [3.63, 3.8) is 0 Å². The van der Waals surface area contributed by atoms with E-state index in [9.17, 15) is 14.7 Å². The summed E-state index contributed by atoms with van der Waals surface area (Å²) in [6, 6.07) is 11.3. The minimum Gasteiger partial charge on any atom is -0.481 e. The summed E-state index contributed by atoms with van der Waals surface area (Å²) in [5.74, 6) is -1.75. The Morgan fingerprint density at radius 3 is 2.71 bits per heavy atom. The Kier molecular flexibility index (Phi) is 5.11. The fourth-order valence-electron chi connectivity index (χ4n) is 2.08. The summed E-state index contributed by atoms with van der Waals surface area (Å²) in [5, 5.41) is 13.8. The van der Waals surface area contributed by atoms with Crippen LogP contribution in [0.3, 0.4) is 0 Å². The molecule has 2 aromatic rings. The largest absolute Gasteiger partial charge is 0.481 e. The van der Waals surface area contributed by atoms with E-state index in [2.05, 4.69) is 5.32 Å². The van der Waals surface area contributed by atoms with Gasteiger partial charge in [0.2, 0.25) is 0 Å². The van der Waals surface area contributed by atoms with E-state index in [0.29, 0.717) is 11.3 Å². The van der Waals surface area contributed by atoms with Gasteiger partial charge in [0.15, 0.2) is 0 Å². The minimum atomic E-state index is -0.900. The van der Waals surface area contributed by atoms with Crippen LogP contribution in [-0.2, 0) is 11.2 Å². The maximum atomic E-state index is 11.8. The number of rotatable bonds is 6. The molecule has 0 aliphatic carbocycles. The Balaban J connectivity index is 1.96. The molecule has 5 heteroatoms. The molecule has 1 atom stereocenters. The van der Waals surface area contributed by atoms with Crippen molar-refractivity contribution in [2.45, 2.75) is 13.3 Å². The van der Waals surface area contributed by atoms with Gasteiger partial charge in [-0.1, -0.05) is 35.9 Å². The van der Waals surface area contributed by atoms with E-state index in [0.717, 1.165) is 11.1 Å². The number of aryl methyl sites for hydroxylation is 1. The minimum absolute atomic E-state index is 0.125. The van der Waals surface area contributed by atoms with Crippen LogP contribution >= 0.6 is 11.3 Å². The van der Waals surface area contributed by atoms with Gasteiger partial charge in [-0.05, 0) is 30.4 Å². The van der Waals surface area contributed by atoms with Crippen LogP contribution in [0.15, 0.2) is 41.8 Å². The molecule has 0 unspecified atom stereocenters. The van der Waals surface area contributed by atoms with Crippen LogP contribution in [0.4, 0.5) is 0 Å². The van der Waals surface area contributed by atoms with Gasteiger partial charge in [0.05, 0.1) is 10.8 Å². The van der Waals surface area contributed by atoms with E-state index >= 15 is 0 Å². The number of hydrogen-bond acceptors (Lipinski definition) is 3. The van der Waals surface area contributed by atoms with Crippen molar-refractivity contribution in [3.8, 4) is 0 Å². The molecule has 1 amide bonds. The number of aliphatic carboxylic acids is 1. The van der Waals surface area contributed by atoms with Crippen LogP contribution < -0.4 is 5.32 Å². The number of hydrogen-bond donors (Lipinski definition) is 2. The van der Waals surface area contributed by atoms with Gasteiger partial charge in [0.25, 0.3) is 5.91 Å². The van der Waals surface area contributed by atoms with Crippen molar-refractivity contribution in [3.05, 3.63) is 57.8 Å². The highest BCUT2D eigenvalue weighted by Crippen LogP contribution is 2.12. The van der Waals surface area contributed by atoms with Crippen LogP contribution in [0, 0.1) is 12.8 Å². The highest BCUT2D eigenvalue weighted by Gasteiger charge is 2.19. The second-order valence-electron chi connectivity index (χ2n) is 4.92. The lowest BCUT2D eigenvalue weighted by Gasteiger charge is -2.13. The van der Waals surface area contributed by atoms with Crippen molar-refractivity contribution in [2.24, 2.45) is 5.92 Å². The molecule has 0 spiro atoms. The third-order valence-electron chi connectivity index (χ3n) is 3.17. The first-order valence-electron chi connectivity index (χ1n) is 6.66. The molecule has 1 aromatic heterocycles. The number of nitrogens with one attached hydrogen (secondary N) is 1. The second kappa shape index (κ2) is 7.04. The third kappa shape index (κ3) is 4.43. The molecule has 0 saturated carbocycles. The van der Waals surface area contributed by atoms with Gasteiger partial charge in [-0.3, -0.25) is 9.59 Å². The van der Waals surface area contributed by atoms with Crippen LogP contribution in [-0.4, -0.2) is 23.5 Å². The number of benzene rings is 1. The number of thiophene rings is 1. The van der Waals surface area contributed by atoms with Crippen LogP contribution in [0.25, 0.3) is 0 Å². The molecule has 1 heterocycles. The molecule has 0 aliphatic rings. The van der Waals surface area contributed by atoms with Crippen LogP contribution in [0.2, 0.25) is 0 Å². The maximum Gasteiger partial charge on any atom is 0.308 e. The highest BCUT2D eigenvalue weighted by molar-refractivity contribution is 7.12. The summed E-state index contributed by atoms with van der Waals surface area (Å²) in [6.07, 6.45) is 0.404. The predicted molar refractivity (Wildman–Crippen MR) is 82.7 cm³/mol. The van der Waals surface area contributed by atoms with E-state index < -0.39 is 11.9 Å². The Hall–Kier alpha value is -2.14. The van der Waals surface area contributed by atoms with Gasteiger partial charge in [0.1, 0.15) is 0 Å². The van der Waals surface area contributed by atoms with Crippen molar-refractivity contribution in [1.29, 1.82) is 0 Å². The lowest BCUT2D eigenvalue weighted by molar-refractivity contribution is -0.141. The maximum absolute atomic E-state index is 11.8. The number of carbonyl (C=O) groups is 2. The van der Waals surface area contributed by atoms with Gasteiger partial charge in [-0.2, -0.15) is 0 Å². The summed E-state index contributed by atoms with van der Waals surface area (Å²) < 4.78 is 0. The Morgan fingerprint density at radius 1 is 1.29 bits per heavy atom. The summed E-state index contributed by atoms with van der Waals surface area (Å²) in [6.45, 7) is 2.10. The number of carboxylic acid groups (broad SMARTS) is 1. The number of carboxylic acids is 1. The van der Waals surface area contributed by atoms with E-state index in [4.69, 9.17) is 0 Å². The van der Waals surface area contributed by atoms with Gasteiger partial charge in [-0.25, -0.2) is 0 Å². The quantitative estimate of drug-likeness (QED) is 0.862. The Morgan fingerprint density at radius 2 is 2.10 bits per heavy atom. The zero-order valence-electron chi connectivity index (χ0n) is 11.7. The van der Waals surface area contributed by atoms with Crippen molar-refractivity contribution in [1.82, 2.24) is 5.32 Å². The molecule has 2 rings (SSSR count). The zero-order valence-corrected chi connectivity index (χ0v) is 12.5. The third-order valence-corrected chi connectivity index (χ3v) is 4.04. The van der Waals surface area contributed by atoms with Crippen molar-refractivity contribution in [2.75, 3.05) is 6.54 Å². The molecule has 1 aromatic carbocycles. The summed E-state index contributed by atoms with van der Waals surface area (Å²) >= 11 is 1.34. The fraction of sp³-hybridized carbons (Fsp3) is 0.250. The van der Waals surface area contributed by atoms with Gasteiger partial charge in [-0.15, -0.1) is 11.3 Å². The Bertz CT molecular complexity index is 622. The molecule has 110 valence electrons. The summed E-state index contributed by atoms with van der Waals surface area (Å²) in [5.41, 5.74) is 2.06. The molecular formula is C16H17NO3S. The second-order valence-corrected chi connectivity index (χ2v) is 5.86. The Labute approximate surface area is 127 Å². The molecule has 2 N–H and O–H groups in total. The summed E-state index contributed by atoms with van der Waals surface area (Å²) in [4.78, 5) is 23.8. The first kappa shape index (κ1) is 15.3. The van der Waals surface area contributed by atoms with Gasteiger partial charge >= 0.3 is 5.97 Å². The van der Waals surface area contributed by atoms with E-state index in [1.54, 1.807) is 12.1 Å². The van der Waals surface area contributed by atoms with Gasteiger partial charge < -0.3 is 10.4 Å². The SMILES string of the molecule is Cc1cccc(C[C@H](CNC(=O)c2cccs2)C(=O)O)c1. The molecule has 21 heavy (non-hydrogen) atoms. The van der Waals surface area contributed by atoms with E-state index in [1.165, 1.54) is 11.3 Å². The monoisotopic (exact) mass is 303 g/mol. The van der Waals surface area contributed by atoms with E-state index in [1.807, 2.05) is 36.6 Å². The normalized spacial score (nSPS) is 11.9. The van der Waals surface area contributed by atoms with E-state index in [-0.39, 0.29) is 12.5 Å². The van der Waals surface area contributed by atoms with Crippen molar-refractivity contribution < 1.29 is 14.7 Å². The fourth-order valence-corrected chi connectivity index (χ4v) is 2.72. The number of carbonyl (C=O) groups excluding carboxylic acids is 1. The smallest absolute Gasteiger partial charge is 0.308 e. The van der Waals surface area contributed by atoms with Gasteiger partial charge in [0, 0.05) is 6.54 Å². The average molecular weight is 303 g/mol. The molecule has 0 bridgehead atoms. The zero-order chi connectivity index (χ0) is 15.2. The van der Waals surface area contributed by atoms with Crippen LogP contribution in [0.5, 0.6) is 0 Å². The van der Waals surface area contributed by atoms with Crippen LogP contribution in [0.1, 0.15) is 20.8 Å². The molecule has 0 aliphatic heterocycles. The lowest BCUT2D eigenvalue weighted by Crippen LogP contribution is -2.33. The standard InChI is InChI=1S/C16H17NO3S/c1-11-4-2-5-12(8-11)9-13(16(19)20)10-17-15(18)14-6-3-7-21-14/h2-8,13H,9-10H2,1H3,(H,17,18)(H,19,20)/t13-/m1/s1. The van der Waals surface area contributed by atoms with Crippen molar-refractivity contribution >= 4 is 23.2 Å². The first-order valence-corrected chi connectivity index (χ1v) is 7.54. The molecular weight excluding hydrogens is 286 g/mol. The predicted octanol–water partition coefficient (Wildman–Crippen LogP) is 2.73.